The van der Waals surface area contributed by atoms with Crippen molar-refractivity contribution in [2.24, 2.45) is 0 Å². The number of rotatable bonds is 4. The van der Waals surface area contributed by atoms with Crippen LogP contribution in [0.4, 0.5) is 11.4 Å². The van der Waals surface area contributed by atoms with E-state index in [1.807, 2.05) is 42.5 Å². The van der Waals surface area contributed by atoms with Crippen LogP contribution in [0.25, 0.3) is 11.3 Å². The van der Waals surface area contributed by atoms with Crippen molar-refractivity contribution in [1.82, 2.24) is 4.98 Å². The predicted octanol–water partition coefficient (Wildman–Crippen LogP) is 3.90. The Bertz CT molecular complexity index is 889. The van der Waals surface area contributed by atoms with Gasteiger partial charge in [0, 0.05) is 17.8 Å². The third kappa shape index (κ3) is 3.53. The molecule has 25 heavy (non-hydrogen) atoms. The van der Waals surface area contributed by atoms with Gasteiger partial charge in [0.05, 0.1) is 24.0 Å². The first-order chi connectivity index (χ1) is 12.3. The van der Waals surface area contributed by atoms with Gasteiger partial charge in [0.15, 0.2) is 0 Å². The van der Waals surface area contributed by atoms with Gasteiger partial charge in [0.2, 0.25) is 5.91 Å². The van der Waals surface area contributed by atoms with Gasteiger partial charge in [-0.3, -0.25) is 9.78 Å². The Labute approximate surface area is 146 Å². The second-order valence-corrected chi connectivity index (χ2v) is 6.19. The van der Waals surface area contributed by atoms with E-state index in [4.69, 9.17) is 0 Å². The standard InChI is InChI=1S/C21H19N3O/c25-21(12-15-4-2-1-3-5-15)24-18-7-9-20(23-14-18)16-6-8-19-17(13-16)10-11-22-19/h1-9,13-14,22H,10-12H2,(H,24,25). The SMILES string of the molecule is O=C(Cc1ccccc1)Nc1ccc(-c2ccc3c(c2)CCN3)nc1. The molecule has 0 atom stereocenters. The second-order valence-electron chi connectivity index (χ2n) is 6.19. The highest BCUT2D eigenvalue weighted by Crippen LogP contribution is 2.28. The van der Waals surface area contributed by atoms with Gasteiger partial charge < -0.3 is 10.6 Å². The van der Waals surface area contributed by atoms with Gasteiger partial charge in [-0.05, 0) is 41.8 Å². The number of amides is 1. The Balaban J connectivity index is 1.44. The quantitative estimate of drug-likeness (QED) is 0.763. The van der Waals surface area contributed by atoms with Crippen LogP contribution in [0.15, 0.2) is 66.9 Å². The van der Waals surface area contributed by atoms with E-state index in [-0.39, 0.29) is 5.91 Å². The molecule has 0 bridgehead atoms. The minimum atomic E-state index is -0.0376. The van der Waals surface area contributed by atoms with Crippen molar-refractivity contribution < 1.29 is 4.79 Å². The third-order valence-electron chi connectivity index (χ3n) is 4.37. The summed E-state index contributed by atoms with van der Waals surface area (Å²) >= 11 is 0. The smallest absolute Gasteiger partial charge is 0.228 e. The number of carbonyl (C=O) groups is 1. The molecule has 2 aromatic carbocycles. The number of pyridine rings is 1. The lowest BCUT2D eigenvalue weighted by molar-refractivity contribution is -0.115. The first-order valence-electron chi connectivity index (χ1n) is 8.45. The van der Waals surface area contributed by atoms with Gasteiger partial charge in [-0.1, -0.05) is 36.4 Å². The second kappa shape index (κ2) is 6.77. The molecule has 3 aromatic rings. The van der Waals surface area contributed by atoms with Crippen molar-refractivity contribution in [2.45, 2.75) is 12.8 Å². The first-order valence-corrected chi connectivity index (χ1v) is 8.45. The Morgan fingerprint density at radius 2 is 1.96 bits per heavy atom. The van der Waals surface area contributed by atoms with E-state index >= 15 is 0 Å². The molecule has 0 unspecified atom stereocenters. The van der Waals surface area contributed by atoms with Crippen LogP contribution in [0.1, 0.15) is 11.1 Å². The molecule has 0 aliphatic carbocycles. The van der Waals surface area contributed by atoms with E-state index in [9.17, 15) is 4.79 Å². The highest BCUT2D eigenvalue weighted by Gasteiger charge is 2.11. The van der Waals surface area contributed by atoms with Gasteiger partial charge >= 0.3 is 0 Å². The normalized spacial score (nSPS) is 12.3. The predicted molar refractivity (Wildman–Crippen MR) is 101 cm³/mol. The number of benzene rings is 2. The molecule has 1 aliphatic rings. The Kier molecular flexibility index (Phi) is 4.17. The molecule has 1 aliphatic heterocycles. The summed E-state index contributed by atoms with van der Waals surface area (Å²) in [4.78, 5) is 16.6. The fourth-order valence-corrected chi connectivity index (χ4v) is 3.09. The van der Waals surface area contributed by atoms with Crippen molar-refractivity contribution in [3.05, 3.63) is 78.0 Å². The van der Waals surface area contributed by atoms with Crippen LogP contribution < -0.4 is 10.6 Å². The number of nitrogens with one attached hydrogen (secondary N) is 2. The molecule has 1 aromatic heterocycles. The number of fused-ring (bicyclic) bond motifs is 1. The molecule has 0 saturated carbocycles. The molecule has 0 fully saturated rings. The average Bonchev–Trinajstić information content (AvgIpc) is 3.11. The lowest BCUT2D eigenvalue weighted by Gasteiger charge is -2.07. The number of anilines is 2. The molecule has 4 rings (SSSR count). The molecule has 2 N–H and O–H groups in total. The molecule has 0 radical (unpaired) electrons. The summed E-state index contributed by atoms with van der Waals surface area (Å²) in [6.07, 6.45) is 3.13. The monoisotopic (exact) mass is 329 g/mol. The zero-order chi connectivity index (χ0) is 17.1. The molecule has 2 heterocycles. The molecule has 4 nitrogen and oxygen atoms in total. The number of hydrogen-bond donors (Lipinski definition) is 2. The summed E-state index contributed by atoms with van der Waals surface area (Å²) in [7, 11) is 0. The highest BCUT2D eigenvalue weighted by atomic mass is 16.1. The Morgan fingerprint density at radius 3 is 2.76 bits per heavy atom. The van der Waals surface area contributed by atoms with E-state index < -0.39 is 0 Å². The minimum absolute atomic E-state index is 0.0376. The van der Waals surface area contributed by atoms with Crippen LogP contribution in [0.3, 0.4) is 0 Å². The van der Waals surface area contributed by atoms with E-state index in [1.165, 1.54) is 11.3 Å². The fraction of sp³-hybridized carbons (Fsp3) is 0.143. The maximum absolute atomic E-state index is 12.1. The van der Waals surface area contributed by atoms with Crippen molar-refractivity contribution >= 4 is 17.3 Å². The Hall–Kier alpha value is -3.14. The Morgan fingerprint density at radius 1 is 1.08 bits per heavy atom. The lowest BCUT2D eigenvalue weighted by Crippen LogP contribution is -2.14. The maximum Gasteiger partial charge on any atom is 0.228 e. The van der Waals surface area contributed by atoms with E-state index in [0.29, 0.717) is 12.1 Å². The van der Waals surface area contributed by atoms with Crippen molar-refractivity contribution in [3.8, 4) is 11.3 Å². The zero-order valence-electron chi connectivity index (χ0n) is 13.8. The van der Waals surface area contributed by atoms with Crippen LogP contribution in [-0.4, -0.2) is 17.4 Å². The van der Waals surface area contributed by atoms with Crippen molar-refractivity contribution in [1.29, 1.82) is 0 Å². The molecule has 1 amide bonds. The fourth-order valence-electron chi connectivity index (χ4n) is 3.09. The number of hydrogen-bond acceptors (Lipinski definition) is 3. The summed E-state index contributed by atoms with van der Waals surface area (Å²) < 4.78 is 0. The molecular weight excluding hydrogens is 310 g/mol. The molecule has 4 heteroatoms. The summed E-state index contributed by atoms with van der Waals surface area (Å²) in [6.45, 7) is 0.999. The van der Waals surface area contributed by atoms with Gasteiger partial charge in [0.25, 0.3) is 0 Å². The molecule has 0 spiro atoms. The number of aromatic nitrogens is 1. The molecule has 124 valence electrons. The molecular formula is C21H19N3O. The van der Waals surface area contributed by atoms with E-state index in [0.717, 1.165) is 29.8 Å². The maximum atomic E-state index is 12.1. The van der Waals surface area contributed by atoms with Crippen molar-refractivity contribution in [3.63, 3.8) is 0 Å². The van der Waals surface area contributed by atoms with Crippen LogP contribution in [0, 0.1) is 0 Å². The number of carbonyl (C=O) groups excluding carboxylic acids is 1. The summed E-state index contributed by atoms with van der Waals surface area (Å²) in [5.74, 6) is -0.0376. The number of nitrogens with zero attached hydrogens (tertiary/aromatic N) is 1. The molecule has 0 saturated heterocycles. The van der Waals surface area contributed by atoms with E-state index in [1.54, 1.807) is 6.20 Å². The lowest BCUT2D eigenvalue weighted by atomic mass is 10.1. The topological polar surface area (TPSA) is 54.0 Å². The average molecular weight is 329 g/mol. The van der Waals surface area contributed by atoms with Gasteiger partial charge in [-0.2, -0.15) is 0 Å². The van der Waals surface area contributed by atoms with E-state index in [2.05, 4.69) is 33.8 Å². The summed E-state index contributed by atoms with van der Waals surface area (Å²) in [6, 6.07) is 19.9. The van der Waals surface area contributed by atoms with Crippen LogP contribution in [0.5, 0.6) is 0 Å². The van der Waals surface area contributed by atoms with Crippen LogP contribution >= 0.6 is 0 Å². The summed E-state index contributed by atoms with van der Waals surface area (Å²) in [5.41, 5.74) is 6.28. The van der Waals surface area contributed by atoms with Crippen LogP contribution in [0.2, 0.25) is 0 Å². The third-order valence-corrected chi connectivity index (χ3v) is 4.37. The van der Waals surface area contributed by atoms with Crippen LogP contribution in [-0.2, 0) is 17.6 Å². The largest absolute Gasteiger partial charge is 0.384 e. The van der Waals surface area contributed by atoms with Gasteiger partial charge in [-0.25, -0.2) is 0 Å². The van der Waals surface area contributed by atoms with Gasteiger partial charge in [0.1, 0.15) is 0 Å². The van der Waals surface area contributed by atoms with Gasteiger partial charge in [-0.15, -0.1) is 0 Å². The zero-order valence-corrected chi connectivity index (χ0v) is 13.8. The summed E-state index contributed by atoms with van der Waals surface area (Å²) in [5, 5.41) is 6.26. The van der Waals surface area contributed by atoms with Crippen molar-refractivity contribution in [2.75, 3.05) is 17.2 Å². The first kappa shape index (κ1) is 15.4. The minimum Gasteiger partial charge on any atom is -0.384 e. The highest BCUT2D eigenvalue weighted by molar-refractivity contribution is 5.92.